The van der Waals surface area contributed by atoms with Crippen molar-refractivity contribution >= 4 is 17.3 Å². The minimum absolute atomic E-state index is 0.470. The van der Waals surface area contributed by atoms with E-state index < -0.39 is 0 Å². The predicted octanol–water partition coefficient (Wildman–Crippen LogP) is 2.29. The van der Waals surface area contributed by atoms with Gasteiger partial charge in [0.15, 0.2) is 5.96 Å². The van der Waals surface area contributed by atoms with Crippen LogP contribution in [0.25, 0.3) is 0 Å². The summed E-state index contributed by atoms with van der Waals surface area (Å²) >= 11 is 1.72. The molecule has 0 aliphatic heterocycles. The van der Waals surface area contributed by atoms with Crippen molar-refractivity contribution in [3.63, 3.8) is 0 Å². The molecule has 1 aromatic rings. The number of nitrogens with zero attached hydrogens (tertiary/aromatic N) is 2. The first kappa shape index (κ1) is 14.7. The van der Waals surface area contributed by atoms with E-state index in [1.807, 2.05) is 6.92 Å². The Bertz CT molecular complexity index is 420. The van der Waals surface area contributed by atoms with Crippen LogP contribution in [-0.4, -0.2) is 24.0 Å². The van der Waals surface area contributed by atoms with Crippen molar-refractivity contribution in [3.05, 3.63) is 28.2 Å². The van der Waals surface area contributed by atoms with Crippen LogP contribution in [-0.2, 0) is 6.42 Å². The van der Waals surface area contributed by atoms with E-state index in [2.05, 4.69) is 41.1 Å². The van der Waals surface area contributed by atoms with Crippen LogP contribution >= 0.6 is 11.3 Å². The number of hydrogen-bond acceptors (Lipinski definition) is 3. The lowest BCUT2D eigenvalue weighted by atomic mass is 10.2. The van der Waals surface area contributed by atoms with E-state index in [1.54, 1.807) is 11.3 Å². The van der Waals surface area contributed by atoms with Crippen LogP contribution < -0.4 is 11.1 Å². The van der Waals surface area contributed by atoms with Gasteiger partial charge in [0.2, 0.25) is 0 Å². The maximum atomic E-state index is 5.72. The second kappa shape index (κ2) is 7.16. The van der Waals surface area contributed by atoms with Crippen molar-refractivity contribution in [2.45, 2.75) is 33.1 Å². The molecule has 0 radical (unpaired) electrons. The highest BCUT2D eigenvalue weighted by molar-refractivity contribution is 7.09. The monoisotopic (exact) mass is 266 g/mol. The summed E-state index contributed by atoms with van der Waals surface area (Å²) < 4.78 is 0. The van der Waals surface area contributed by atoms with Gasteiger partial charge in [-0.05, 0) is 6.92 Å². The van der Waals surface area contributed by atoms with Gasteiger partial charge in [-0.2, -0.15) is 0 Å². The summed E-state index contributed by atoms with van der Waals surface area (Å²) in [6, 6.07) is 0. The molecule has 0 aliphatic carbocycles. The topological polar surface area (TPSA) is 63.3 Å². The van der Waals surface area contributed by atoms with Crippen LogP contribution in [0.15, 0.2) is 22.5 Å². The highest BCUT2D eigenvalue weighted by Gasteiger charge is 2.05. The summed E-state index contributed by atoms with van der Waals surface area (Å²) in [6.45, 7) is 11.4. The van der Waals surface area contributed by atoms with Crippen molar-refractivity contribution in [2.75, 3.05) is 13.1 Å². The van der Waals surface area contributed by atoms with E-state index in [4.69, 9.17) is 5.73 Å². The summed E-state index contributed by atoms with van der Waals surface area (Å²) in [7, 11) is 0. The second-order valence-electron chi connectivity index (χ2n) is 4.67. The minimum Gasteiger partial charge on any atom is -0.370 e. The lowest BCUT2D eigenvalue weighted by molar-refractivity contribution is 0.806. The molecule has 0 saturated carbocycles. The van der Waals surface area contributed by atoms with Gasteiger partial charge in [0.05, 0.1) is 17.2 Å². The summed E-state index contributed by atoms with van der Waals surface area (Å²) in [6.07, 6.45) is 0.868. The lowest BCUT2D eigenvalue weighted by Crippen LogP contribution is -2.33. The highest BCUT2D eigenvalue weighted by Crippen LogP contribution is 2.19. The van der Waals surface area contributed by atoms with Gasteiger partial charge in [-0.3, -0.25) is 0 Å². The molecule has 0 unspecified atom stereocenters. The van der Waals surface area contributed by atoms with E-state index in [-0.39, 0.29) is 0 Å². The van der Waals surface area contributed by atoms with Gasteiger partial charge in [0.25, 0.3) is 0 Å². The third kappa shape index (κ3) is 5.31. The number of nitrogens with two attached hydrogens (primary N) is 1. The molecule has 0 bridgehead atoms. The summed E-state index contributed by atoms with van der Waals surface area (Å²) in [5.74, 6) is 0.969. The van der Waals surface area contributed by atoms with Crippen molar-refractivity contribution < 1.29 is 0 Å². The fourth-order valence-electron chi connectivity index (χ4n) is 1.30. The Morgan fingerprint density at radius 1 is 1.61 bits per heavy atom. The van der Waals surface area contributed by atoms with Crippen LogP contribution in [0.3, 0.4) is 0 Å². The molecule has 3 N–H and O–H groups in total. The van der Waals surface area contributed by atoms with Crippen LogP contribution in [0.5, 0.6) is 0 Å². The van der Waals surface area contributed by atoms with Crippen molar-refractivity contribution in [3.8, 4) is 0 Å². The zero-order valence-electron chi connectivity index (χ0n) is 11.4. The molecular formula is C13H22N4S. The Morgan fingerprint density at radius 2 is 2.33 bits per heavy atom. The first-order valence-corrected chi connectivity index (χ1v) is 6.99. The van der Waals surface area contributed by atoms with Gasteiger partial charge in [-0.15, -0.1) is 11.3 Å². The highest BCUT2D eigenvalue weighted by atomic mass is 32.1. The SMILES string of the molecule is C=C(C)CN=C(N)NCCc1csc(C(C)C)n1. The molecule has 100 valence electrons. The van der Waals surface area contributed by atoms with E-state index in [0.717, 1.165) is 24.2 Å². The molecule has 4 nitrogen and oxygen atoms in total. The first-order chi connectivity index (χ1) is 8.49. The van der Waals surface area contributed by atoms with Gasteiger partial charge >= 0.3 is 0 Å². The van der Waals surface area contributed by atoms with E-state index in [0.29, 0.717) is 18.4 Å². The Kier molecular flexibility index (Phi) is 5.85. The number of aromatic nitrogens is 1. The van der Waals surface area contributed by atoms with Crippen molar-refractivity contribution in [2.24, 2.45) is 10.7 Å². The smallest absolute Gasteiger partial charge is 0.188 e. The maximum absolute atomic E-state index is 5.72. The molecule has 18 heavy (non-hydrogen) atoms. The molecule has 5 heteroatoms. The molecule has 0 spiro atoms. The van der Waals surface area contributed by atoms with E-state index >= 15 is 0 Å². The fraction of sp³-hybridized carbons (Fsp3) is 0.538. The third-order valence-corrected chi connectivity index (χ3v) is 3.46. The minimum atomic E-state index is 0.470. The summed E-state index contributed by atoms with van der Waals surface area (Å²) in [4.78, 5) is 8.72. The standard InChI is InChI=1S/C13H22N4S/c1-9(2)7-16-13(14)15-6-5-11-8-18-12(17-11)10(3)4/h8,10H,1,5-7H2,2-4H3,(H3,14,15,16). The van der Waals surface area contributed by atoms with Crippen LogP contribution in [0.4, 0.5) is 0 Å². The summed E-state index contributed by atoms with van der Waals surface area (Å²) in [5.41, 5.74) is 7.84. The Hall–Kier alpha value is -1.36. The van der Waals surface area contributed by atoms with E-state index in [1.165, 1.54) is 5.01 Å². The molecule has 0 fully saturated rings. The molecule has 0 amide bonds. The van der Waals surface area contributed by atoms with Gasteiger partial charge in [0, 0.05) is 24.3 Å². The van der Waals surface area contributed by atoms with Crippen LogP contribution in [0, 0.1) is 0 Å². The average molecular weight is 266 g/mol. The van der Waals surface area contributed by atoms with E-state index in [9.17, 15) is 0 Å². The normalized spacial score (nSPS) is 11.9. The largest absolute Gasteiger partial charge is 0.370 e. The number of hydrogen-bond donors (Lipinski definition) is 2. The molecule has 0 aromatic carbocycles. The maximum Gasteiger partial charge on any atom is 0.188 e. The van der Waals surface area contributed by atoms with Gasteiger partial charge in [-0.25, -0.2) is 9.98 Å². The second-order valence-corrected chi connectivity index (χ2v) is 5.56. The quantitative estimate of drug-likeness (QED) is 0.472. The van der Waals surface area contributed by atoms with Crippen LogP contribution in [0.2, 0.25) is 0 Å². The molecule has 0 atom stereocenters. The molecule has 0 aliphatic rings. The van der Waals surface area contributed by atoms with Crippen molar-refractivity contribution in [1.82, 2.24) is 10.3 Å². The number of aliphatic imine (C=N–C) groups is 1. The van der Waals surface area contributed by atoms with Gasteiger partial charge in [-0.1, -0.05) is 26.0 Å². The zero-order valence-corrected chi connectivity index (χ0v) is 12.2. The third-order valence-electron chi connectivity index (χ3n) is 2.27. The summed E-state index contributed by atoms with van der Waals surface area (Å²) in [5, 5.41) is 6.37. The number of nitrogens with one attached hydrogen (secondary N) is 1. The molecule has 1 heterocycles. The lowest BCUT2D eigenvalue weighted by Gasteiger charge is -2.04. The van der Waals surface area contributed by atoms with Gasteiger partial charge < -0.3 is 11.1 Å². The first-order valence-electron chi connectivity index (χ1n) is 6.11. The number of rotatable bonds is 6. The Balaban J connectivity index is 2.32. The Morgan fingerprint density at radius 3 is 2.89 bits per heavy atom. The molecule has 1 rings (SSSR count). The predicted molar refractivity (Wildman–Crippen MR) is 79.2 cm³/mol. The van der Waals surface area contributed by atoms with Crippen molar-refractivity contribution in [1.29, 1.82) is 0 Å². The zero-order chi connectivity index (χ0) is 13.5. The molecule has 1 aromatic heterocycles. The van der Waals surface area contributed by atoms with Crippen LogP contribution in [0.1, 0.15) is 37.4 Å². The number of thiazole rings is 1. The fourth-order valence-corrected chi connectivity index (χ4v) is 2.17. The Labute approximate surface area is 113 Å². The number of guanidine groups is 1. The molecular weight excluding hydrogens is 244 g/mol. The average Bonchev–Trinajstić information content (AvgIpc) is 2.75. The molecule has 0 saturated heterocycles. The van der Waals surface area contributed by atoms with Gasteiger partial charge in [0.1, 0.15) is 0 Å².